The monoisotopic (exact) mass is 487 g/mol. The highest BCUT2D eigenvalue weighted by molar-refractivity contribution is 5.78. The first-order valence-corrected chi connectivity index (χ1v) is 10.9. The topological polar surface area (TPSA) is 64.5 Å². The molecule has 1 unspecified atom stereocenters. The minimum Gasteiger partial charge on any atom is -0.458 e. The smallest absolute Gasteiger partial charge is 0.332 e. The number of esters is 1. The largest absolute Gasteiger partial charge is 0.458 e. The Kier molecular flexibility index (Phi) is 5.10. The quantitative estimate of drug-likeness (QED) is 0.302. The Hall–Kier alpha value is -3.25. The average molecular weight is 488 g/mol. The van der Waals surface area contributed by atoms with Crippen LogP contribution in [0.25, 0.3) is 22.5 Å². The van der Waals surface area contributed by atoms with E-state index in [1.807, 2.05) is 0 Å². The third kappa shape index (κ3) is 8.18. The van der Waals surface area contributed by atoms with E-state index in [4.69, 9.17) is 25.9 Å². The van der Waals surface area contributed by atoms with Crippen molar-refractivity contribution >= 4 is 11.8 Å². The van der Waals surface area contributed by atoms with Gasteiger partial charge >= 0.3 is 5.97 Å². The normalized spacial score (nSPS) is 20.2. The molecule has 35 heavy (non-hydrogen) atoms. The number of aromatic nitrogens is 2. The van der Waals surface area contributed by atoms with Gasteiger partial charge in [-0.2, -0.15) is 0 Å². The van der Waals surface area contributed by atoms with E-state index in [0.717, 1.165) is 13.1 Å². The van der Waals surface area contributed by atoms with Crippen molar-refractivity contribution in [2.24, 2.45) is 0 Å². The number of benzene rings is 2. The Bertz CT molecular complexity index is 1540. The Balaban J connectivity index is 2.23. The van der Waals surface area contributed by atoms with Crippen molar-refractivity contribution in [2.75, 3.05) is 24.6 Å². The van der Waals surface area contributed by atoms with Gasteiger partial charge in [-0.15, -0.1) is 0 Å². The summed E-state index contributed by atoms with van der Waals surface area (Å²) in [6.07, 6.45) is -6.96. The van der Waals surface area contributed by atoms with Crippen LogP contribution in [0.5, 0.6) is 0 Å². The van der Waals surface area contributed by atoms with Crippen molar-refractivity contribution in [1.82, 2.24) is 9.97 Å². The van der Waals surface area contributed by atoms with Gasteiger partial charge in [0.15, 0.2) is 0 Å². The van der Waals surface area contributed by atoms with Crippen LogP contribution in [0.15, 0.2) is 66.9 Å². The highest BCUT2D eigenvalue weighted by atomic mass is 16.6. The molecule has 3 rings (SSSR count). The highest BCUT2D eigenvalue weighted by Gasteiger charge is 2.18. The highest BCUT2D eigenvalue weighted by Crippen LogP contribution is 2.31. The van der Waals surface area contributed by atoms with Gasteiger partial charge in [-0.25, -0.2) is 9.78 Å². The van der Waals surface area contributed by atoms with Crippen LogP contribution in [0.3, 0.4) is 0 Å². The molecular weight excluding hydrogens is 438 g/mol. The number of nitrogens with zero attached hydrogens (tertiary/aromatic N) is 3. The van der Waals surface area contributed by atoms with Gasteiger partial charge in [-0.1, -0.05) is 60.7 Å². The molecule has 0 aliphatic carbocycles. The summed E-state index contributed by atoms with van der Waals surface area (Å²) in [6.45, 7) is -6.63. The molecule has 1 atom stereocenters. The van der Waals surface area contributed by atoms with E-state index < -0.39 is 62.7 Å². The first kappa shape index (κ1) is 14.3. The number of hydrogen-bond donors (Lipinski definition) is 0. The number of anilines is 1. The molecule has 0 saturated heterocycles. The first-order chi connectivity index (χ1) is 21.3. The average Bonchev–Trinajstić information content (AvgIpc) is 2.95. The molecule has 1 heterocycles. The van der Waals surface area contributed by atoms with Gasteiger partial charge in [-0.3, -0.25) is 4.98 Å². The maximum absolute atomic E-state index is 12.2. The SMILES string of the molecule is [2H]C([2H])([2H])C([2H])(C)N(c1cnc(-c2ccccc2)c(-c2ccccc2)n1)C([2H])([2H])C([2H])([2H])C([2H])([2H])C([2H])([2H])OCC(=O)OC(C)(C)C. The number of rotatable bonds is 11. The zero-order chi connectivity index (χ0) is 35.9. The van der Waals surface area contributed by atoms with Crippen LogP contribution in [-0.2, 0) is 14.3 Å². The van der Waals surface area contributed by atoms with Crippen molar-refractivity contribution < 1.29 is 30.7 Å². The minimum absolute atomic E-state index is 0.121. The molecule has 2 aromatic carbocycles. The third-order valence-electron chi connectivity index (χ3n) is 4.38. The van der Waals surface area contributed by atoms with E-state index >= 15 is 0 Å². The standard InChI is InChI=1S/C29H37N3O3/c1-22(2)32(18-12-13-19-34-21-26(33)35-29(3,4)5)25-20-30-27(23-14-8-6-9-15-23)28(31-25)24-16-10-7-11-17-24/h6-11,14-17,20,22H,12-13,18-19,21H2,1-5H3/i1D3,12D2,13D2,18D2,19D2,22D. The van der Waals surface area contributed by atoms with Crippen LogP contribution in [-0.4, -0.2) is 47.2 Å². The molecule has 3 aromatic rings. The number of carbonyl (C=O) groups excluding carboxylic acids is 1. The van der Waals surface area contributed by atoms with Crippen LogP contribution in [0.2, 0.25) is 0 Å². The zero-order valence-corrected chi connectivity index (χ0v) is 20.1. The lowest BCUT2D eigenvalue weighted by Crippen LogP contribution is -2.33. The fourth-order valence-corrected chi connectivity index (χ4v) is 3.02. The van der Waals surface area contributed by atoms with Crippen LogP contribution in [0, 0.1) is 0 Å². The van der Waals surface area contributed by atoms with Crippen molar-refractivity contribution in [3.8, 4) is 22.5 Å². The number of ether oxygens (including phenoxy) is 2. The van der Waals surface area contributed by atoms with Gasteiger partial charge in [0.2, 0.25) is 0 Å². The van der Waals surface area contributed by atoms with Gasteiger partial charge in [0, 0.05) is 42.5 Å². The maximum Gasteiger partial charge on any atom is 0.332 e. The summed E-state index contributed by atoms with van der Waals surface area (Å²) in [5.74, 6) is -1.73. The van der Waals surface area contributed by atoms with Crippen LogP contribution >= 0.6 is 0 Å². The lowest BCUT2D eigenvalue weighted by atomic mass is 10.0. The van der Waals surface area contributed by atoms with E-state index in [-0.39, 0.29) is 10.6 Å². The summed E-state index contributed by atoms with van der Waals surface area (Å²) in [7, 11) is 0. The van der Waals surface area contributed by atoms with Crippen LogP contribution < -0.4 is 4.90 Å². The van der Waals surface area contributed by atoms with E-state index in [0.29, 0.717) is 16.8 Å². The van der Waals surface area contributed by atoms with E-state index in [9.17, 15) is 4.79 Å². The number of carbonyl (C=O) groups is 1. The van der Waals surface area contributed by atoms with Crippen LogP contribution in [0.4, 0.5) is 5.82 Å². The molecule has 0 aliphatic rings. The Labute approximate surface area is 226 Å². The van der Waals surface area contributed by atoms with Crippen molar-refractivity contribution in [1.29, 1.82) is 0 Å². The first-order valence-electron chi connectivity index (χ1n) is 16.9. The fraction of sp³-hybridized carbons (Fsp3) is 0.414. The van der Waals surface area contributed by atoms with Gasteiger partial charge < -0.3 is 14.4 Å². The molecule has 0 fully saturated rings. The predicted molar refractivity (Wildman–Crippen MR) is 141 cm³/mol. The summed E-state index contributed by atoms with van der Waals surface area (Å²) >= 11 is 0. The second-order valence-corrected chi connectivity index (χ2v) is 8.42. The Morgan fingerprint density at radius 1 is 1.06 bits per heavy atom. The molecule has 0 saturated carbocycles. The molecule has 0 spiro atoms. The van der Waals surface area contributed by atoms with E-state index in [2.05, 4.69) is 9.97 Å². The summed E-state index contributed by atoms with van der Waals surface area (Å²) in [5.41, 5.74) is 0.476. The molecule has 6 heteroatoms. The van der Waals surface area contributed by atoms with Crippen molar-refractivity contribution in [3.63, 3.8) is 0 Å². The minimum atomic E-state index is -3.99. The summed E-state index contributed by atoms with van der Waals surface area (Å²) in [6, 6.07) is 14.2. The zero-order valence-electron chi connectivity index (χ0n) is 32.1. The van der Waals surface area contributed by atoms with Gasteiger partial charge in [0.05, 0.1) is 21.7 Å². The van der Waals surface area contributed by atoms with Gasteiger partial charge in [0.25, 0.3) is 0 Å². The predicted octanol–water partition coefficient (Wildman–Crippen LogP) is 6.16. The summed E-state index contributed by atoms with van der Waals surface area (Å²) < 4.78 is 112. The molecule has 0 aliphatic heterocycles. The molecule has 0 amide bonds. The summed E-state index contributed by atoms with van der Waals surface area (Å²) in [5, 5.41) is 0. The van der Waals surface area contributed by atoms with E-state index in [1.54, 1.807) is 60.7 Å². The maximum atomic E-state index is 12.2. The van der Waals surface area contributed by atoms with E-state index in [1.165, 1.54) is 20.8 Å². The summed E-state index contributed by atoms with van der Waals surface area (Å²) in [4.78, 5) is 21.2. The molecule has 0 radical (unpaired) electrons. The van der Waals surface area contributed by atoms with Gasteiger partial charge in [-0.05, 0) is 47.3 Å². The Morgan fingerprint density at radius 3 is 2.29 bits per heavy atom. The molecule has 186 valence electrons. The molecule has 6 nitrogen and oxygen atoms in total. The molecular formula is C29H37N3O3. The number of hydrogen-bond acceptors (Lipinski definition) is 6. The van der Waals surface area contributed by atoms with Gasteiger partial charge in [0.1, 0.15) is 18.0 Å². The molecule has 1 aromatic heterocycles. The Morgan fingerprint density at radius 2 is 1.69 bits per heavy atom. The van der Waals surface area contributed by atoms with Crippen molar-refractivity contribution in [3.05, 3.63) is 66.9 Å². The molecule has 0 N–H and O–H groups in total. The second-order valence-electron chi connectivity index (χ2n) is 8.42. The lowest BCUT2D eigenvalue weighted by Gasteiger charge is -2.28. The lowest BCUT2D eigenvalue weighted by molar-refractivity contribution is -0.160. The fourth-order valence-electron chi connectivity index (χ4n) is 3.02. The van der Waals surface area contributed by atoms with Crippen molar-refractivity contribution in [2.45, 2.75) is 58.9 Å². The van der Waals surface area contributed by atoms with Crippen LogP contribution in [0.1, 0.15) is 63.7 Å². The third-order valence-corrected chi connectivity index (χ3v) is 4.38. The second kappa shape index (κ2) is 12.5. The molecule has 0 bridgehead atoms.